The molecule has 1 amide bonds. The average molecular weight is 262 g/mol. The van der Waals surface area contributed by atoms with E-state index in [9.17, 15) is 4.79 Å². The Bertz CT molecular complexity index is 435. The molecule has 2 heterocycles. The number of carbonyl (C=O) groups excluding carboxylic acids is 1. The number of amides is 1. The van der Waals surface area contributed by atoms with Gasteiger partial charge in [0.2, 0.25) is 0 Å². The van der Waals surface area contributed by atoms with Gasteiger partial charge in [-0.25, -0.2) is 4.98 Å². The van der Waals surface area contributed by atoms with Crippen LogP contribution >= 0.6 is 0 Å². The van der Waals surface area contributed by atoms with Crippen molar-refractivity contribution in [2.75, 3.05) is 25.0 Å². The van der Waals surface area contributed by atoms with Crippen molar-refractivity contribution in [2.24, 2.45) is 5.92 Å². The Labute approximate surface area is 114 Å². The predicted octanol–water partition coefficient (Wildman–Crippen LogP) is 2.17. The normalized spacial score (nSPS) is 18.6. The lowest BCUT2D eigenvalue weighted by molar-refractivity contribution is 0.0781. The summed E-state index contributed by atoms with van der Waals surface area (Å²) in [6.45, 7) is 6.79. The van der Waals surface area contributed by atoms with Crippen LogP contribution in [0.1, 0.15) is 43.6 Å². The minimum Gasteiger partial charge on any atom is -0.369 e. The maximum absolute atomic E-state index is 12.3. The highest BCUT2D eigenvalue weighted by Crippen LogP contribution is 2.20. The Morgan fingerprint density at radius 1 is 1.47 bits per heavy atom. The van der Waals surface area contributed by atoms with E-state index in [0.717, 1.165) is 38.9 Å². The molecule has 1 atom stereocenters. The van der Waals surface area contributed by atoms with Gasteiger partial charge in [-0.2, -0.15) is 0 Å². The van der Waals surface area contributed by atoms with Gasteiger partial charge in [-0.05, 0) is 18.8 Å². The van der Waals surface area contributed by atoms with Crippen LogP contribution < -0.4 is 5.32 Å². The minimum absolute atomic E-state index is 0.00333. The zero-order valence-electron chi connectivity index (χ0n) is 11.7. The summed E-state index contributed by atoms with van der Waals surface area (Å²) in [5.74, 6) is 1.32. The Hall–Kier alpha value is -1.65. The van der Waals surface area contributed by atoms with E-state index in [-0.39, 0.29) is 5.91 Å². The van der Waals surface area contributed by atoms with Crippen LogP contribution in [0.3, 0.4) is 0 Å². The van der Waals surface area contributed by atoms with Crippen molar-refractivity contribution >= 4 is 11.7 Å². The van der Waals surface area contributed by atoms with Crippen molar-refractivity contribution in [1.82, 2.24) is 14.9 Å². The van der Waals surface area contributed by atoms with E-state index in [1.54, 1.807) is 12.4 Å². The van der Waals surface area contributed by atoms with E-state index in [1.165, 1.54) is 0 Å². The molecule has 1 saturated heterocycles. The van der Waals surface area contributed by atoms with Gasteiger partial charge >= 0.3 is 0 Å². The van der Waals surface area contributed by atoms with Gasteiger partial charge in [0.05, 0.1) is 12.4 Å². The molecule has 0 aliphatic carbocycles. The van der Waals surface area contributed by atoms with E-state index in [0.29, 0.717) is 17.4 Å². The summed E-state index contributed by atoms with van der Waals surface area (Å²) in [4.78, 5) is 22.7. The summed E-state index contributed by atoms with van der Waals surface area (Å²) >= 11 is 0. The first-order valence-corrected chi connectivity index (χ1v) is 7.09. The van der Waals surface area contributed by atoms with Crippen molar-refractivity contribution in [3.63, 3.8) is 0 Å². The number of nitrogens with zero attached hydrogens (tertiary/aromatic N) is 3. The Balaban J connectivity index is 2.02. The Morgan fingerprint density at radius 2 is 2.32 bits per heavy atom. The Morgan fingerprint density at radius 3 is 3.00 bits per heavy atom. The van der Waals surface area contributed by atoms with Crippen molar-refractivity contribution < 1.29 is 4.79 Å². The summed E-state index contributed by atoms with van der Waals surface area (Å²) in [5.41, 5.74) is 0.442. The number of nitrogens with one attached hydrogen (secondary N) is 1. The standard InChI is InChI=1S/C14H22N4O/c1-3-6-16-13-9-15-8-12(17-13)14(19)18-7-5-11(4-2)10-18/h8-9,11H,3-7,10H2,1-2H3,(H,16,17). The largest absolute Gasteiger partial charge is 0.369 e. The van der Waals surface area contributed by atoms with Gasteiger partial charge < -0.3 is 10.2 Å². The first kappa shape index (κ1) is 13.8. The Kier molecular flexibility index (Phi) is 4.71. The maximum atomic E-state index is 12.3. The zero-order valence-corrected chi connectivity index (χ0v) is 11.7. The van der Waals surface area contributed by atoms with Crippen molar-refractivity contribution in [3.05, 3.63) is 18.1 Å². The summed E-state index contributed by atoms with van der Waals surface area (Å²) in [5, 5.41) is 3.16. The fourth-order valence-electron chi connectivity index (χ4n) is 2.32. The van der Waals surface area contributed by atoms with Gasteiger partial charge in [-0.15, -0.1) is 0 Å². The molecule has 1 aliphatic rings. The lowest BCUT2D eigenvalue weighted by Crippen LogP contribution is -2.29. The van der Waals surface area contributed by atoms with Crippen molar-refractivity contribution in [2.45, 2.75) is 33.1 Å². The van der Waals surface area contributed by atoms with Gasteiger partial charge in [-0.3, -0.25) is 9.78 Å². The first-order chi connectivity index (χ1) is 9.24. The highest BCUT2D eigenvalue weighted by molar-refractivity contribution is 5.92. The third kappa shape index (κ3) is 3.43. The molecule has 1 fully saturated rings. The summed E-state index contributed by atoms with van der Waals surface area (Å²) in [6.07, 6.45) is 6.46. The topological polar surface area (TPSA) is 58.1 Å². The molecular weight excluding hydrogens is 240 g/mol. The van der Waals surface area contributed by atoms with E-state index in [1.807, 2.05) is 4.90 Å². The van der Waals surface area contributed by atoms with Crippen LogP contribution in [0.2, 0.25) is 0 Å². The summed E-state index contributed by atoms with van der Waals surface area (Å²) in [7, 11) is 0. The molecule has 0 saturated carbocycles. The molecule has 0 spiro atoms. The second-order valence-electron chi connectivity index (χ2n) is 5.03. The second-order valence-corrected chi connectivity index (χ2v) is 5.03. The van der Waals surface area contributed by atoms with E-state index < -0.39 is 0 Å². The fraction of sp³-hybridized carbons (Fsp3) is 0.643. The summed E-state index contributed by atoms with van der Waals surface area (Å²) < 4.78 is 0. The number of anilines is 1. The third-order valence-electron chi connectivity index (χ3n) is 3.56. The van der Waals surface area contributed by atoms with Gasteiger partial charge in [0.1, 0.15) is 11.5 Å². The van der Waals surface area contributed by atoms with Crippen molar-refractivity contribution in [3.8, 4) is 0 Å². The van der Waals surface area contributed by atoms with Crippen LogP contribution in [0, 0.1) is 5.92 Å². The number of likely N-dealkylation sites (tertiary alicyclic amines) is 1. The quantitative estimate of drug-likeness (QED) is 0.883. The molecule has 0 radical (unpaired) electrons. The fourth-order valence-corrected chi connectivity index (χ4v) is 2.32. The van der Waals surface area contributed by atoms with Crippen LogP contribution in [0.5, 0.6) is 0 Å². The van der Waals surface area contributed by atoms with E-state index in [2.05, 4.69) is 29.1 Å². The third-order valence-corrected chi connectivity index (χ3v) is 3.56. The molecule has 1 aromatic rings. The predicted molar refractivity (Wildman–Crippen MR) is 75.1 cm³/mol. The summed E-state index contributed by atoms with van der Waals surface area (Å²) in [6, 6.07) is 0. The molecular formula is C14H22N4O. The lowest BCUT2D eigenvalue weighted by Gasteiger charge is -2.16. The minimum atomic E-state index is 0.00333. The van der Waals surface area contributed by atoms with Crippen LogP contribution in [0.25, 0.3) is 0 Å². The molecule has 104 valence electrons. The van der Waals surface area contributed by atoms with Gasteiger partial charge in [-0.1, -0.05) is 20.3 Å². The van der Waals surface area contributed by atoms with E-state index in [4.69, 9.17) is 0 Å². The van der Waals surface area contributed by atoms with E-state index >= 15 is 0 Å². The number of aromatic nitrogens is 2. The van der Waals surface area contributed by atoms with Gasteiger partial charge in [0, 0.05) is 19.6 Å². The molecule has 1 aromatic heterocycles. The molecule has 5 heteroatoms. The lowest BCUT2D eigenvalue weighted by atomic mass is 10.1. The molecule has 0 bridgehead atoms. The number of hydrogen-bond acceptors (Lipinski definition) is 4. The highest BCUT2D eigenvalue weighted by Gasteiger charge is 2.26. The molecule has 1 aliphatic heterocycles. The van der Waals surface area contributed by atoms with Crippen LogP contribution in [-0.4, -0.2) is 40.4 Å². The monoisotopic (exact) mass is 262 g/mol. The maximum Gasteiger partial charge on any atom is 0.274 e. The van der Waals surface area contributed by atoms with Gasteiger partial charge in [0.15, 0.2) is 0 Å². The molecule has 19 heavy (non-hydrogen) atoms. The van der Waals surface area contributed by atoms with Crippen LogP contribution in [0.4, 0.5) is 5.82 Å². The molecule has 0 aromatic carbocycles. The molecule has 1 N–H and O–H groups in total. The zero-order chi connectivity index (χ0) is 13.7. The molecule has 5 nitrogen and oxygen atoms in total. The smallest absolute Gasteiger partial charge is 0.274 e. The molecule has 1 unspecified atom stereocenters. The van der Waals surface area contributed by atoms with Crippen LogP contribution in [0.15, 0.2) is 12.4 Å². The van der Waals surface area contributed by atoms with Crippen LogP contribution in [-0.2, 0) is 0 Å². The number of rotatable bonds is 5. The van der Waals surface area contributed by atoms with Gasteiger partial charge in [0.25, 0.3) is 5.91 Å². The average Bonchev–Trinajstić information content (AvgIpc) is 2.93. The number of carbonyl (C=O) groups is 1. The SMILES string of the molecule is CCCNc1cncc(C(=O)N2CCC(CC)C2)n1. The second kappa shape index (κ2) is 6.50. The first-order valence-electron chi connectivity index (χ1n) is 7.09. The molecule has 2 rings (SSSR count). The highest BCUT2D eigenvalue weighted by atomic mass is 16.2. The number of hydrogen-bond donors (Lipinski definition) is 1. The van der Waals surface area contributed by atoms with Crippen molar-refractivity contribution in [1.29, 1.82) is 0 Å².